The Bertz CT molecular complexity index is 1120. The number of hydrogen-bond donors (Lipinski definition) is 1. The fraction of sp³-hybridized carbons (Fsp3) is 0.435. The highest BCUT2D eigenvalue weighted by Gasteiger charge is 2.50. The summed E-state index contributed by atoms with van der Waals surface area (Å²) in [5, 5.41) is 2.40. The first-order valence-corrected chi connectivity index (χ1v) is 11.4. The first-order valence-electron chi connectivity index (χ1n) is 11.0. The molecule has 11 heteroatoms. The Kier molecular flexibility index (Phi) is 6.70. The van der Waals surface area contributed by atoms with Gasteiger partial charge in [-0.3, -0.25) is 24.0 Å². The van der Waals surface area contributed by atoms with Crippen LogP contribution >= 0.6 is 11.6 Å². The Morgan fingerprint density at radius 3 is 2.53 bits per heavy atom. The van der Waals surface area contributed by atoms with Gasteiger partial charge in [0.25, 0.3) is 11.8 Å². The van der Waals surface area contributed by atoms with Crippen LogP contribution in [-0.2, 0) is 30.5 Å². The largest absolute Gasteiger partial charge is 0.358 e. The molecule has 1 N–H and O–H groups in total. The minimum Gasteiger partial charge on any atom is -0.358 e. The van der Waals surface area contributed by atoms with Crippen LogP contribution in [0.1, 0.15) is 24.8 Å². The highest BCUT2D eigenvalue weighted by molar-refractivity contribution is 6.43. The molecule has 180 valence electrons. The van der Waals surface area contributed by atoms with E-state index in [0.717, 1.165) is 0 Å². The third-order valence-corrected chi connectivity index (χ3v) is 6.66. The van der Waals surface area contributed by atoms with Gasteiger partial charge in [0.05, 0.1) is 11.6 Å². The van der Waals surface area contributed by atoms with Gasteiger partial charge in [0.2, 0.25) is 17.6 Å². The summed E-state index contributed by atoms with van der Waals surface area (Å²) in [6.45, 7) is 0.635. The highest BCUT2D eigenvalue weighted by Crippen LogP contribution is 2.36. The zero-order valence-electron chi connectivity index (χ0n) is 18.6. The van der Waals surface area contributed by atoms with E-state index in [1.807, 2.05) is 0 Å². The summed E-state index contributed by atoms with van der Waals surface area (Å²) in [4.78, 5) is 68.6. The molecule has 0 aliphatic carbocycles. The molecule has 2 fully saturated rings. The molecule has 0 bridgehead atoms. The third-order valence-electron chi connectivity index (χ3n) is 6.37. The molecule has 2 saturated heterocycles. The van der Waals surface area contributed by atoms with Crippen LogP contribution in [0.15, 0.2) is 29.5 Å². The fourth-order valence-corrected chi connectivity index (χ4v) is 4.81. The number of carbonyl (C=O) groups excluding carboxylic acids is 5. The molecule has 1 atom stereocenters. The van der Waals surface area contributed by atoms with Gasteiger partial charge in [0.15, 0.2) is 0 Å². The molecule has 0 aromatic heterocycles. The molecule has 3 aliphatic rings. The second-order valence-electron chi connectivity index (χ2n) is 8.49. The molecule has 4 amide bonds. The first-order chi connectivity index (χ1) is 16.2. The lowest BCUT2D eigenvalue weighted by molar-refractivity contribution is -0.154. The fourth-order valence-electron chi connectivity index (χ4n) is 4.61. The number of rotatable bonds is 4. The van der Waals surface area contributed by atoms with Gasteiger partial charge in [-0.05, 0) is 42.5 Å². The topological polar surface area (TPSA) is 107 Å². The number of carbonyl (C=O) groups is 5. The molecular formula is C23H24ClFN4O5. The number of amides is 4. The van der Waals surface area contributed by atoms with E-state index in [9.17, 15) is 28.4 Å². The van der Waals surface area contributed by atoms with Crippen molar-refractivity contribution in [2.45, 2.75) is 25.8 Å². The number of benzene rings is 1. The normalized spacial score (nSPS) is 21.3. The lowest BCUT2D eigenvalue weighted by atomic mass is 9.81. The molecule has 4 rings (SSSR count). The summed E-state index contributed by atoms with van der Waals surface area (Å²) in [7, 11) is 1.46. The van der Waals surface area contributed by atoms with Gasteiger partial charge >= 0.3 is 0 Å². The molecule has 1 aromatic rings. The van der Waals surface area contributed by atoms with Crippen molar-refractivity contribution in [3.05, 3.63) is 45.9 Å². The lowest BCUT2D eigenvalue weighted by Crippen LogP contribution is -2.57. The van der Waals surface area contributed by atoms with Gasteiger partial charge in [-0.2, -0.15) is 0 Å². The minimum atomic E-state index is -1.38. The van der Waals surface area contributed by atoms with Crippen molar-refractivity contribution in [3.63, 3.8) is 0 Å². The standard InChI is InChI=1S/C23H24ClFN4O5/c1-26-17(30)12-27-7-2-3-8-29-19(22(27)33)14-6-9-28(21(32)18(14)20(31)23(29)34)11-13-4-5-16(25)15(24)10-13/h4-5,10,18H,2-3,6-9,11-12H2,1H3,(H,26,30). The van der Waals surface area contributed by atoms with E-state index in [0.29, 0.717) is 30.5 Å². The van der Waals surface area contributed by atoms with E-state index in [4.69, 9.17) is 11.6 Å². The van der Waals surface area contributed by atoms with Crippen molar-refractivity contribution in [1.29, 1.82) is 0 Å². The molecule has 1 unspecified atom stereocenters. The Hall–Kier alpha value is -3.27. The number of halogens is 2. The molecule has 0 spiro atoms. The van der Waals surface area contributed by atoms with Crippen LogP contribution in [0.5, 0.6) is 0 Å². The van der Waals surface area contributed by atoms with Crippen molar-refractivity contribution < 1.29 is 28.4 Å². The SMILES string of the molecule is CNC(=O)CN1CCCCN2C(=O)C(=O)C3C(=O)N(Cc4ccc(F)c(Cl)c4)CCC3=C2C1=O. The van der Waals surface area contributed by atoms with E-state index in [2.05, 4.69) is 5.32 Å². The van der Waals surface area contributed by atoms with Crippen LogP contribution in [0.25, 0.3) is 0 Å². The Morgan fingerprint density at radius 1 is 1.09 bits per heavy atom. The molecule has 34 heavy (non-hydrogen) atoms. The zero-order valence-corrected chi connectivity index (χ0v) is 19.4. The van der Waals surface area contributed by atoms with Crippen molar-refractivity contribution in [2.24, 2.45) is 5.92 Å². The van der Waals surface area contributed by atoms with Crippen molar-refractivity contribution in [3.8, 4) is 0 Å². The van der Waals surface area contributed by atoms with Crippen LogP contribution < -0.4 is 5.32 Å². The Balaban J connectivity index is 1.68. The van der Waals surface area contributed by atoms with Crippen LogP contribution in [0.2, 0.25) is 5.02 Å². The smallest absolute Gasteiger partial charge is 0.295 e. The van der Waals surface area contributed by atoms with E-state index in [1.165, 1.54) is 39.9 Å². The predicted octanol–water partition coefficient (Wildman–Crippen LogP) is 0.861. The second kappa shape index (κ2) is 9.54. The van der Waals surface area contributed by atoms with E-state index in [-0.39, 0.29) is 49.2 Å². The predicted molar refractivity (Wildman–Crippen MR) is 119 cm³/mol. The number of nitrogens with one attached hydrogen (secondary N) is 1. The van der Waals surface area contributed by atoms with Gasteiger partial charge in [0.1, 0.15) is 17.4 Å². The minimum absolute atomic E-state index is 0.0380. The number of Topliss-reactive ketones (excluding diaryl/α,β-unsaturated/α-hetero) is 1. The summed E-state index contributed by atoms with van der Waals surface area (Å²) < 4.78 is 13.5. The number of ketones is 1. The number of nitrogens with zero attached hydrogens (tertiary/aromatic N) is 3. The highest BCUT2D eigenvalue weighted by atomic mass is 35.5. The molecule has 0 radical (unpaired) electrons. The van der Waals surface area contributed by atoms with Gasteiger partial charge in [0, 0.05) is 33.2 Å². The van der Waals surface area contributed by atoms with Crippen LogP contribution in [0, 0.1) is 11.7 Å². The maximum Gasteiger partial charge on any atom is 0.295 e. The van der Waals surface area contributed by atoms with Crippen molar-refractivity contribution in [2.75, 3.05) is 33.2 Å². The van der Waals surface area contributed by atoms with Crippen LogP contribution in [0.4, 0.5) is 4.39 Å². The molecular weight excluding hydrogens is 467 g/mol. The third kappa shape index (κ3) is 4.29. The average Bonchev–Trinajstić information content (AvgIpc) is 2.81. The van der Waals surface area contributed by atoms with E-state index in [1.54, 1.807) is 0 Å². The number of hydrogen-bond acceptors (Lipinski definition) is 5. The second-order valence-corrected chi connectivity index (χ2v) is 8.90. The number of fused-ring (bicyclic) bond motifs is 2. The van der Waals surface area contributed by atoms with Gasteiger partial charge in [-0.1, -0.05) is 17.7 Å². The van der Waals surface area contributed by atoms with Crippen molar-refractivity contribution in [1.82, 2.24) is 20.0 Å². The first kappa shape index (κ1) is 23.9. The zero-order chi connectivity index (χ0) is 24.6. The summed E-state index contributed by atoms with van der Waals surface area (Å²) in [6, 6.07) is 4.09. The number of piperidine rings is 1. The molecule has 1 aromatic carbocycles. The summed E-state index contributed by atoms with van der Waals surface area (Å²) in [6.07, 6.45) is 1.33. The molecule has 3 aliphatic heterocycles. The van der Waals surface area contributed by atoms with Crippen LogP contribution in [-0.4, -0.2) is 77.3 Å². The van der Waals surface area contributed by atoms with Gasteiger partial charge < -0.3 is 20.0 Å². The quantitative estimate of drug-likeness (QED) is 0.497. The molecule has 3 heterocycles. The number of likely N-dealkylation sites (N-methyl/N-ethyl adjacent to an activating group) is 1. The van der Waals surface area contributed by atoms with Crippen LogP contribution in [0.3, 0.4) is 0 Å². The molecule has 0 saturated carbocycles. The summed E-state index contributed by atoms with van der Waals surface area (Å²) >= 11 is 5.84. The Labute approximate surface area is 200 Å². The van der Waals surface area contributed by atoms with Crippen molar-refractivity contribution >= 4 is 41.0 Å². The maximum atomic E-state index is 13.5. The maximum absolute atomic E-state index is 13.5. The van der Waals surface area contributed by atoms with E-state index < -0.39 is 35.2 Å². The molecule has 9 nitrogen and oxygen atoms in total. The summed E-state index contributed by atoms with van der Waals surface area (Å²) in [5.41, 5.74) is 0.929. The van der Waals surface area contributed by atoms with E-state index >= 15 is 0 Å². The number of likely N-dealkylation sites (tertiary alicyclic amines) is 1. The van der Waals surface area contributed by atoms with Gasteiger partial charge in [-0.25, -0.2) is 4.39 Å². The average molecular weight is 491 g/mol. The summed E-state index contributed by atoms with van der Waals surface area (Å²) in [5.74, 6) is -5.19. The monoisotopic (exact) mass is 490 g/mol. The van der Waals surface area contributed by atoms with Gasteiger partial charge in [-0.15, -0.1) is 0 Å². The lowest BCUT2D eigenvalue weighted by Gasteiger charge is -2.42. The Morgan fingerprint density at radius 2 is 1.82 bits per heavy atom.